The molecule has 3 heteroatoms. The van der Waals surface area contributed by atoms with Crippen molar-refractivity contribution in [3.63, 3.8) is 0 Å². The number of nitrogens with zero attached hydrogens (tertiary/aromatic N) is 1. The van der Waals surface area contributed by atoms with Crippen LogP contribution < -0.4 is 10.6 Å². The zero-order valence-corrected chi connectivity index (χ0v) is 10.2. The van der Waals surface area contributed by atoms with E-state index in [1.807, 2.05) is 12.3 Å². The Hall–Kier alpha value is -1.09. The van der Waals surface area contributed by atoms with E-state index in [0.717, 1.165) is 18.8 Å². The lowest BCUT2D eigenvalue weighted by Gasteiger charge is -2.19. The molecule has 0 bridgehead atoms. The second-order valence-corrected chi connectivity index (χ2v) is 4.54. The molecule has 0 radical (unpaired) electrons. The van der Waals surface area contributed by atoms with Crippen molar-refractivity contribution in [2.75, 3.05) is 11.9 Å². The van der Waals surface area contributed by atoms with Crippen LogP contribution in [0.4, 0.5) is 5.82 Å². The van der Waals surface area contributed by atoms with Crippen LogP contribution in [0.5, 0.6) is 0 Å². The number of nitrogens with one attached hydrogen (secondary N) is 2. The van der Waals surface area contributed by atoms with Crippen LogP contribution in [0.15, 0.2) is 18.3 Å². The first-order valence-corrected chi connectivity index (χ1v) is 6.26. The summed E-state index contributed by atoms with van der Waals surface area (Å²) in [5.41, 5.74) is 1.32. The van der Waals surface area contributed by atoms with Crippen LogP contribution in [0.2, 0.25) is 0 Å². The SMILES string of the molecule is CC[C@H](C)Nc1ncccc1[C@H]1CCCN1. The molecule has 16 heavy (non-hydrogen) atoms. The van der Waals surface area contributed by atoms with Crippen molar-refractivity contribution in [3.8, 4) is 0 Å². The van der Waals surface area contributed by atoms with Gasteiger partial charge in [-0.1, -0.05) is 13.0 Å². The quantitative estimate of drug-likeness (QED) is 0.817. The van der Waals surface area contributed by atoms with Crippen LogP contribution >= 0.6 is 0 Å². The molecule has 1 fully saturated rings. The summed E-state index contributed by atoms with van der Waals surface area (Å²) in [5, 5.41) is 7.01. The van der Waals surface area contributed by atoms with Gasteiger partial charge in [-0.05, 0) is 38.8 Å². The van der Waals surface area contributed by atoms with E-state index in [4.69, 9.17) is 0 Å². The molecule has 3 nitrogen and oxygen atoms in total. The van der Waals surface area contributed by atoms with E-state index in [-0.39, 0.29) is 0 Å². The molecule has 1 aromatic rings. The van der Waals surface area contributed by atoms with E-state index in [1.54, 1.807) is 0 Å². The zero-order valence-electron chi connectivity index (χ0n) is 10.2. The van der Waals surface area contributed by atoms with Gasteiger partial charge in [0.2, 0.25) is 0 Å². The highest BCUT2D eigenvalue weighted by Gasteiger charge is 2.19. The van der Waals surface area contributed by atoms with Gasteiger partial charge in [-0.15, -0.1) is 0 Å². The molecule has 0 aliphatic carbocycles. The van der Waals surface area contributed by atoms with Gasteiger partial charge in [0, 0.05) is 23.8 Å². The summed E-state index contributed by atoms with van der Waals surface area (Å²) in [5.74, 6) is 1.05. The van der Waals surface area contributed by atoms with E-state index in [2.05, 4.69) is 35.5 Å². The topological polar surface area (TPSA) is 37.0 Å². The molecular formula is C13H21N3. The fraction of sp³-hybridized carbons (Fsp3) is 0.615. The lowest BCUT2D eigenvalue weighted by molar-refractivity contribution is 0.643. The van der Waals surface area contributed by atoms with Crippen molar-refractivity contribution < 1.29 is 0 Å². The number of rotatable bonds is 4. The number of anilines is 1. The largest absolute Gasteiger partial charge is 0.367 e. The molecule has 1 saturated heterocycles. The average molecular weight is 219 g/mol. The van der Waals surface area contributed by atoms with Gasteiger partial charge >= 0.3 is 0 Å². The normalized spacial score (nSPS) is 22.0. The zero-order chi connectivity index (χ0) is 11.4. The molecule has 0 amide bonds. The maximum Gasteiger partial charge on any atom is 0.130 e. The lowest BCUT2D eigenvalue weighted by atomic mass is 10.1. The van der Waals surface area contributed by atoms with Crippen molar-refractivity contribution in [1.29, 1.82) is 0 Å². The first kappa shape index (κ1) is 11.4. The Balaban J connectivity index is 2.16. The molecule has 1 aliphatic rings. The molecule has 2 rings (SSSR count). The Morgan fingerprint density at radius 1 is 1.62 bits per heavy atom. The number of pyridine rings is 1. The predicted molar refractivity (Wildman–Crippen MR) is 67.6 cm³/mol. The maximum atomic E-state index is 4.46. The van der Waals surface area contributed by atoms with Gasteiger partial charge in [-0.2, -0.15) is 0 Å². The fourth-order valence-corrected chi connectivity index (χ4v) is 2.10. The highest BCUT2D eigenvalue weighted by atomic mass is 15.0. The first-order valence-electron chi connectivity index (χ1n) is 6.26. The average Bonchev–Trinajstić information content (AvgIpc) is 2.83. The van der Waals surface area contributed by atoms with Crippen molar-refractivity contribution in [1.82, 2.24) is 10.3 Å². The van der Waals surface area contributed by atoms with Crippen molar-refractivity contribution in [2.45, 2.75) is 45.2 Å². The molecule has 1 aromatic heterocycles. The minimum Gasteiger partial charge on any atom is -0.367 e. The van der Waals surface area contributed by atoms with E-state index < -0.39 is 0 Å². The monoisotopic (exact) mass is 219 g/mol. The van der Waals surface area contributed by atoms with Gasteiger partial charge in [0.05, 0.1) is 0 Å². The number of hydrogen-bond acceptors (Lipinski definition) is 3. The van der Waals surface area contributed by atoms with Crippen LogP contribution in [-0.2, 0) is 0 Å². The second-order valence-electron chi connectivity index (χ2n) is 4.54. The minimum atomic E-state index is 0.482. The van der Waals surface area contributed by atoms with Gasteiger partial charge in [0.25, 0.3) is 0 Å². The molecular weight excluding hydrogens is 198 g/mol. The van der Waals surface area contributed by atoms with Gasteiger partial charge in [0.15, 0.2) is 0 Å². The third-order valence-electron chi connectivity index (χ3n) is 3.27. The highest BCUT2D eigenvalue weighted by molar-refractivity contribution is 5.46. The number of hydrogen-bond donors (Lipinski definition) is 2. The van der Waals surface area contributed by atoms with Crippen molar-refractivity contribution in [3.05, 3.63) is 23.9 Å². The van der Waals surface area contributed by atoms with Crippen molar-refractivity contribution in [2.24, 2.45) is 0 Å². The third-order valence-corrected chi connectivity index (χ3v) is 3.27. The highest BCUT2D eigenvalue weighted by Crippen LogP contribution is 2.27. The van der Waals surface area contributed by atoms with Gasteiger partial charge in [-0.25, -0.2) is 4.98 Å². The minimum absolute atomic E-state index is 0.482. The summed E-state index contributed by atoms with van der Waals surface area (Å²) in [6.07, 6.45) is 5.47. The summed E-state index contributed by atoms with van der Waals surface area (Å²) in [6, 6.07) is 5.17. The molecule has 2 N–H and O–H groups in total. The Morgan fingerprint density at radius 2 is 2.50 bits per heavy atom. The molecule has 0 aromatic carbocycles. The number of aromatic nitrogens is 1. The van der Waals surface area contributed by atoms with Gasteiger partial charge in [-0.3, -0.25) is 0 Å². The Kier molecular flexibility index (Phi) is 3.78. The molecule has 0 saturated carbocycles. The summed E-state index contributed by atoms with van der Waals surface area (Å²) in [4.78, 5) is 4.46. The van der Waals surface area contributed by atoms with E-state index >= 15 is 0 Å². The second kappa shape index (κ2) is 5.30. The van der Waals surface area contributed by atoms with Gasteiger partial charge < -0.3 is 10.6 Å². The Bertz CT molecular complexity index is 332. The standard InChI is InChI=1S/C13H21N3/c1-3-10(2)16-13-11(6-4-9-15-13)12-7-5-8-14-12/h4,6,9-10,12,14H,3,5,7-8H2,1-2H3,(H,15,16)/t10-,12+/m0/s1. The Morgan fingerprint density at radius 3 is 3.19 bits per heavy atom. The smallest absolute Gasteiger partial charge is 0.130 e. The maximum absolute atomic E-state index is 4.46. The summed E-state index contributed by atoms with van der Waals surface area (Å²) >= 11 is 0. The van der Waals surface area contributed by atoms with Crippen LogP contribution in [-0.4, -0.2) is 17.6 Å². The molecule has 0 spiro atoms. The third kappa shape index (κ3) is 2.53. The molecule has 2 atom stereocenters. The van der Waals surface area contributed by atoms with Gasteiger partial charge in [0.1, 0.15) is 5.82 Å². The van der Waals surface area contributed by atoms with Crippen LogP contribution in [0.3, 0.4) is 0 Å². The molecule has 88 valence electrons. The summed E-state index contributed by atoms with van der Waals surface area (Å²) in [7, 11) is 0. The van der Waals surface area contributed by atoms with E-state index in [0.29, 0.717) is 12.1 Å². The van der Waals surface area contributed by atoms with Crippen LogP contribution in [0.25, 0.3) is 0 Å². The van der Waals surface area contributed by atoms with Crippen LogP contribution in [0.1, 0.15) is 44.7 Å². The van der Waals surface area contributed by atoms with Crippen molar-refractivity contribution >= 4 is 5.82 Å². The molecule has 1 aliphatic heterocycles. The van der Waals surface area contributed by atoms with Crippen LogP contribution in [0, 0.1) is 0 Å². The predicted octanol–water partition coefficient (Wildman–Crippen LogP) is 2.72. The Labute approximate surface area is 97.7 Å². The summed E-state index contributed by atoms with van der Waals surface area (Å²) < 4.78 is 0. The fourth-order valence-electron chi connectivity index (χ4n) is 2.10. The van der Waals surface area contributed by atoms with E-state index in [9.17, 15) is 0 Å². The first-order chi connectivity index (χ1) is 7.81. The lowest BCUT2D eigenvalue weighted by Crippen LogP contribution is -2.19. The molecule has 0 unspecified atom stereocenters. The molecule has 2 heterocycles. The van der Waals surface area contributed by atoms with E-state index in [1.165, 1.54) is 18.4 Å². The summed E-state index contributed by atoms with van der Waals surface area (Å²) in [6.45, 7) is 5.51.